The number of unbranched alkanes of at least 4 members (excludes halogenated alkanes) is 2. The van der Waals surface area contributed by atoms with Crippen molar-refractivity contribution < 1.29 is 8.42 Å². The summed E-state index contributed by atoms with van der Waals surface area (Å²) in [5.74, 6) is 0.253. The lowest BCUT2D eigenvalue weighted by atomic mass is 10.0. The molecule has 0 radical (unpaired) electrons. The summed E-state index contributed by atoms with van der Waals surface area (Å²) in [6.07, 6.45) is 5.56. The van der Waals surface area contributed by atoms with Crippen LogP contribution in [-0.4, -0.2) is 20.2 Å². The van der Waals surface area contributed by atoms with Gasteiger partial charge in [-0.2, -0.15) is 0 Å². The summed E-state index contributed by atoms with van der Waals surface area (Å²) in [4.78, 5) is 0.518. The predicted molar refractivity (Wildman–Crippen MR) is 82.6 cm³/mol. The van der Waals surface area contributed by atoms with E-state index in [0.29, 0.717) is 17.4 Å². The minimum absolute atomic E-state index is 0.173. The summed E-state index contributed by atoms with van der Waals surface area (Å²) in [5.41, 5.74) is 0.945. The summed E-state index contributed by atoms with van der Waals surface area (Å²) in [6, 6.07) is 8.02. The van der Waals surface area contributed by atoms with Gasteiger partial charge in [-0.1, -0.05) is 44.4 Å². The van der Waals surface area contributed by atoms with E-state index in [1.165, 1.54) is 19.3 Å². The zero-order valence-corrected chi connectivity index (χ0v) is 13.2. The zero-order valence-electron chi connectivity index (χ0n) is 12.4. The zero-order chi connectivity index (χ0) is 14.6. The van der Waals surface area contributed by atoms with Crippen molar-refractivity contribution in [2.45, 2.75) is 62.9 Å². The lowest BCUT2D eigenvalue weighted by Crippen LogP contribution is -2.35. The molecule has 1 N–H and O–H groups in total. The minimum atomic E-state index is -3.07. The Morgan fingerprint density at radius 1 is 1.30 bits per heavy atom. The second-order valence-corrected chi connectivity index (χ2v) is 7.84. The minimum Gasteiger partial charge on any atom is -0.307 e. The maximum atomic E-state index is 12.1. The van der Waals surface area contributed by atoms with Crippen molar-refractivity contribution in [2.24, 2.45) is 0 Å². The third-order valence-corrected chi connectivity index (χ3v) is 5.85. The maximum absolute atomic E-state index is 12.1. The molecule has 2 atom stereocenters. The Morgan fingerprint density at radius 3 is 2.80 bits per heavy atom. The van der Waals surface area contributed by atoms with E-state index >= 15 is 0 Å². The summed E-state index contributed by atoms with van der Waals surface area (Å²) in [5, 5.41) is 3.61. The second kappa shape index (κ2) is 6.72. The Labute approximate surface area is 122 Å². The molecule has 0 saturated carbocycles. The fourth-order valence-electron chi connectivity index (χ4n) is 2.89. The van der Waals surface area contributed by atoms with Crippen LogP contribution in [0.15, 0.2) is 29.2 Å². The average molecular weight is 295 g/mol. The molecule has 112 valence electrons. The third-order valence-electron chi connectivity index (χ3n) is 4.03. The fraction of sp³-hybridized carbons (Fsp3) is 0.625. The van der Waals surface area contributed by atoms with Gasteiger partial charge in [0, 0.05) is 12.1 Å². The number of benzene rings is 1. The molecule has 0 aromatic heterocycles. The summed E-state index contributed by atoms with van der Waals surface area (Å²) >= 11 is 0. The Hall–Kier alpha value is -0.870. The Balaban J connectivity index is 2.07. The normalized spacial score (nSPS) is 22.2. The number of nitrogens with one attached hydrogen (secondary N) is 1. The molecule has 2 rings (SSSR count). The first-order chi connectivity index (χ1) is 9.54. The SMILES string of the molecule is CCCCCC(C)NC1CCS(=O)(=O)c2ccccc21. The van der Waals surface area contributed by atoms with Crippen LogP contribution in [0.2, 0.25) is 0 Å². The van der Waals surface area contributed by atoms with Crippen LogP contribution < -0.4 is 5.32 Å². The van der Waals surface area contributed by atoms with Crippen LogP contribution in [0.1, 0.15) is 57.6 Å². The van der Waals surface area contributed by atoms with E-state index in [9.17, 15) is 8.42 Å². The van der Waals surface area contributed by atoms with E-state index in [2.05, 4.69) is 19.2 Å². The van der Waals surface area contributed by atoms with Crippen molar-refractivity contribution in [2.75, 3.05) is 5.75 Å². The molecule has 1 aliphatic rings. The molecule has 0 amide bonds. The molecule has 0 saturated heterocycles. The van der Waals surface area contributed by atoms with Gasteiger partial charge in [-0.15, -0.1) is 0 Å². The van der Waals surface area contributed by atoms with Gasteiger partial charge in [-0.05, 0) is 31.4 Å². The molecule has 1 aliphatic heterocycles. The van der Waals surface area contributed by atoms with E-state index in [-0.39, 0.29) is 11.8 Å². The van der Waals surface area contributed by atoms with Gasteiger partial charge in [0.25, 0.3) is 0 Å². The average Bonchev–Trinajstić information content (AvgIpc) is 2.43. The van der Waals surface area contributed by atoms with Crippen molar-refractivity contribution >= 4 is 9.84 Å². The van der Waals surface area contributed by atoms with Crippen molar-refractivity contribution in [1.82, 2.24) is 5.32 Å². The Morgan fingerprint density at radius 2 is 2.05 bits per heavy atom. The monoisotopic (exact) mass is 295 g/mol. The number of hydrogen-bond acceptors (Lipinski definition) is 3. The largest absolute Gasteiger partial charge is 0.307 e. The van der Waals surface area contributed by atoms with Gasteiger partial charge >= 0.3 is 0 Å². The maximum Gasteiger partial charge on any atom is 0.178 e. The summed E-state index contributed by atoms with van der Waals surface area (Å²) in [7, 11) is -3.07. The highest BCUT2D eigenvalue weighted by Crippen LogP contribution is 2.32. The third kappa shape index (κ3) is 3.61. The van der Waals surface area contributed by atoms with E-state index in [0.717, 1.165) is 12.0 Å². The van der Waals surface area contributed by atoms with E-state index < -0.39 is 9.84 Å². The lowest BCUT2D eigenvalue weighted by Gasteiger charge is -2.29. The molecule has 0 spiro atoms. The molecule has 1 heterocycles. The van der Waals surface area contributed by atoms with Gasteiger partial charge in [0.15, 0.2) is 9.84 Å². The topological polar surface area (TPSA) is 46.2 Å². The van der Waals surface area contributed by atoms with E-state index in [4.69, 9.17) is 0 Å². The van der Waals surface area contributed by atoms with Crippen molar-refractivity contribution in [3.05, 3.63) is 29.8 Å². The smallest absolute Gasteiger partial charge is 0.178 e. The molecule has 2 unspecified atom stereocenters. The van der Waals surface area contributed by atoms with Gasteiger partial charge in [0.2, 0.25) is 0 Å². The van der Waals surface area contributed by atoms with E-state index in [1.807, 2.05) is 18.2 Å². The Kier molecular flexibility index (Phi) is 5.22. The number of rotatable bonds is 6. The molecule has 1 aromatic rings. The van der Waals surface area contributed by atoms with Crippen LogP contribution in [0.5, 0.6) is 0 Å². The van der Waals surface area contributed by atoms with Crippen LogP contribution in [0.3, 0.4) is 0 Å². The highest BCUT2D eigenvalue weighted by Gasteiger charge is 2.30. The molecule has 0 aliphatic carbocycles. The Bertz CT molecular complexity index is 539. The fourth-order valence-corrected chi connectivity index (χ4v) is 4.51. The molecule has 0 fully saturated rings. The molecular formula is C16H25NO2S. The predicted octanol–water partition coefficient (Wildman–Crippen LogP) is 3.46. The van der Waals surface area contributed by atoms with Crippen molar-refractivity contribution in [3.63, 3.8) is 0 Å². The van der Waals surface area contributed by atoms with Gasteiger partial charge in [0.05, 0.1) is 10.6 Å². The van der Waals surface area contributed by atoms with E-state index in [1.54, 1.807) is 6.07 Å². The second-order valence-electron chi connectivity index (χ2n) is 5.76. The van der Waals surface area contributed by atoms with Crippen molar-refractivity contribution in [1.29, 1.82) is 0 Å². The van der Waals surface area contributed by atoms with Crippen LogP contribution >= 0.6 is 0 Å². The number of sulfone groups is 1. The molecule has 3 nitrogen and oxygen atoms in total. The summed E-state index contributed by atoms with van der Waals surface area (Å²) < 4.78 is 24.2. The van der Waals surface area contributed by atoms with Crippen LogP contribution in [0.4, 0.5) is 0 Å². The van der Waals surface area contributed by atoms with Crippen LogP contribution in [-0.2, 0) is 9.84 Å². The number of fused-ring (bicyclic) bond motifs is 1. The molecule has 1 aromatic carbocycles. The first-order valence-electron chi connectivity index (χ1n) is 7.62. The lowest BCUT2D eigenvalue weighted by molar-refractivity contribution is 0.406. The standard InChI is InChI=1S/C16H25NO2S/c1-3-4-5-8-13(2)17-15-11-12-20(18,19)16-10-7-6-9-14(15)16/h6-7,9-10,13,15,17H,3-5,8,11-12H2,1-2H3. The first-order valence-corrected chi connectivity index (χ1v) is 9.27. The van der Waals surface area contributed by atoms with Crippen molar-refractivity contribution in [3.8, 4) is 0 Å². The van der Waals surface area contributed by atoms with Crippen LogP contribution in [0.25, 0.3) is 0 Å². The molecule has 0 bridgehead atoms. The highest BCUT2D eigenvalue weighted by atomic mass is 32.2. The van der Waals surface area contributed by atoms with Gasteiger partial charge in [-0.3, -0.25) is 0 Å². The summed E-state index contributed by atoms with van der Waals surface area (Å²) in [6.45, 7) is 4.40. The highest BCUT2D eigenvalue weighted by molar-refractivity contribution is 7.91. The number of hydrogen-bond donors (Lipinski definition) is 1. The quantitative estimate of drug-likeness (QED) is 0.817. The first kappa shape index (κ1) is 15.5. The van der Waals surface area contributed by atoms with Gasteiger partial charge in [0.1, 0.15) is 0 Å². The van der Waals surface area contributed by atoms with Crippen LogP contribution in [0, 0.1) is 0 Å². The molecular weight excluding hydrogens is 270 g/mol. The van der Waals surface area contributed by atoms with Gasteiger partial charge in [-0.25, -0.2) is 8.42 Å². The molecule has 20 heavy (non-hydrogen) atoms. The van der Waals surface area contributed by atoms with Gasteiger partial charge < -0.3 is 5.32 Å². The molecule has 4 heteroatoms.